The molecule has 0 unspecified atom stereocenters. The van der Waals surface area contributed by atoms with Gasteiger partial charge >= 0.3 is 0 Å². The summed E-state index contributed by atoms with van der Waals surface area (Å²) < 4.78 is 23.2. The number of pyridine rings is 2. The van der Waals surface area contributed by atoms with Gasteiger partial charge in [0.1, 0.15) is 17.3 Å². The van der Waals surface area contributed by atoms with Crippen molar-refractivity contribution in [1.82, 2.24) is 19.9 Å². The first kappa shape index (κ1) is 20.5. The van der Waals surface area contributed by atoms with Crippen LogP contribution in [0.15, 0.2) is 59.9 Å². The van der Waals surface area contributed by atoms with E-state index in [0.717, 1.165) is 10.8 Å². The molecule has 0 bridgehead atoms. The summed E-state index contributed by atoms with van der Waals surface area (Å²) in [5, 5.41) is 4.90. The van der Waals surface area contributed by atoms with Gasteiger partial charge in [-0.2, -0.15) is 0 Å². The van der Waals surface area contributed by atoms with Crippen LogP contribution in [0.2, 0.25) is 5.15 Å². The molecule has 4 aromatic rings. The lowest BCUT2D eigenvalue weighted by atomic mass is 10.1. The molecule has 0 aliphatic heterocycles. The van der Waals surface area contributed by atoms with E-state index in [4.69, 9.17) is 17.3 Å². The first-order valence-corrected chi connectivity index (χ1v) is 11.2. The van der Waals surface area contributed by atoms with Gasteiger partial charge in [0.25, 0.3) is 0 Å². The molecule has 0 atom stereocenters. The van der Waals surface area contributed by atoms with Crippen LogP contribution < -0.4 is 11.1 Å². The molecule has 0 amide bonds. The van der Waals surface area contributed by atoms with Gasteiger partial charge in [0.05, 0.1) is 11.1 Å². The summed E-state index contributed by atoms with van der Waals surface area (Å²) in [6.45, 7) is 0. The lowest BCUT2D eigenvalue weighted by Gasteiger charge is -2.08. The average Bonchev–Trinajstić information content (AvgIpc) is 2.73. The van der Waals surface area contributed by atoms with E-state index in [1.54, 1.807) is 24.5 Å². The van der Waals surface area contributed by atoms with E-state index in [9.17, 15) is 8.42 Å². The predicted octanol–water partition coefficient (Wildman–Crippen LogP) is 3.20. The van der Waals surface area contributed by atoms with E-state index in [0.29, 0.717) is 22.9 Å². The Balaban J connectivity index is 1.67. The molecule has 4 rings (SSSR count). The molecule has 3 aromatic heterocycles. The number of nitrogen functional groups attached to an aromatic ring is 1. The van der Waals surface area contributed by atoms with Gasteiger partial charge in [-0.3, -0.25) is 0 Å². The molecule has 0 saturated carbocycles. The van der Waals surface area contributed by atoms with Gasteiger partial charge in [-0.1, -0.05) is 11.6 Å². The third-order valence-electron chi connectivity index (χ3n) is 4.25. The number of aromatic nitrogens is 4. The van der Waals surface area contributed by atoms with Crippen LogP contribution in [0.25, 0.3) is 10.8 Å². The Kier molecular flexibility index (Phi) is 5.42. The van der Waals surface area contributed by atoms with Gasteiger partial charge < -0.3 is 11.1 Å². The molecule has 0 aliphatic rings. The zero-order chi connectivity index (χ0) is 22.0. The Morgan fingerprint density at radius 3 is 2.45 bits per heavy atom. The zero-order valence-electron chi connectivity index (χ0n) is 16.2. The maximum atomic E-state index is 11.6. The standard InChI is InChI=1S/C21H15ClN6O2S/c1-31(29,30)15-4-2-14(3-5-15)27-20-10-16-13(11-26-20)8-9-24-17(16)6-7-18-21(22)28-19(23)12-25-18/h2-5,8-12H,1H3,(H2,23,28)(H,26,27). The van der Waals surface area contributed by atoms with Crippen LogP contribution in [0.5, 0.6) is 0 Å². The molecule has 0 radical (unpaired) electrons. The third-order valence-corrected chi connectivity index (χ3v) is 5.64. The molecular weight excluding hydrogens is 436 g/mol. The number of sulfone groups is 1. The van der Waals surface area contributed by atoms with E-state index in [1.165, 1.54) is 24.6 Å². The molecule has 0 aliphatic carbocycles. The highest BCUT2D eigenvalue weighted by Gasteiger charge is 2.08. The fraction of sp³-hybridized carbons (Fsp3) is 0.0476. The fourth-order valence-electron chi connectivity index (χ4n) is 2.75. The molecule has 10 heteroatoms. The number of nitrogens with two attached hydrogens (primary N) is 1. The minimum atomic E-state index is -3.25. The molecule has 8 nitrogen and oxygen atoms in total. The van der Waals surface area contributed by atoms with Crippen molar-refractivity contribution in [2.24, 2.45) is 0 Å². The van der Waals surface area contributed by atoms with Crippen LogP contribution in [0.4, 0.5) is 17.3 Å². The summed E-state index contributed by atoms with van der Waals surface area (Å²) in [7, 11) is -3.25. The maximum absolute atomic E-state index is 11.6. The maximum Gasteiger partial charge on any atom is 0.175 e. The molecule has 0 saturated heterocycles. The van der Waals surface area contributed by atoms with Gasteiger partial charge in [-0.15, -0.1) is 0 Å². The van der Waals surface area contributed by atoms with Crippen LogP contribution in [0.1, 0.15) is 11.4 Å². The highest BCUT2D eigenvalue weighted by molar-refractivity contribution is 7.90. The van der Waals surface area contributed by atoms with Crippen molar-refractivity contribution in [3.05, 3.63) is 71.5 Å². The topological polar surface area (TPSA) is 124 Å². The lowest BCUT2D eigenvalue weighted by Crippen LogP contribution is -1.98. The van der Waals surface area contributed by atoms with Crippen LogP contribution >= 0.6 is 11.6 Å². The van der Waals surface area contributed by atoms with E-state index >= 15 is 0 Å². The number of hydrogen-bond donors (Lipinski definition) is 2. The molecule has 3 heterocycles. The quantitative estimate of drug-likeness (QED) is 0.456. The van der Waals surface area contributed by atoms with Gasteiger partial charge in [0.15, 0.2) is 20.7 Å². The molecule has 0 spiro atoms. The largest absolute Gasteiger partial charge is 0.382 e. The summed E-state index contributed by atoms with van der Waals surface area (Å²) >= 11 is 6.03. The minimum Gasteiger partial charge on any atom is -0.382 e. The Labute approximate surface area is 183 Å². The Bertz CT molecular complexity index is 1460. The number of fused-ring (bicyclic) bond motifs is 1. The highest BCUT2D eigenvalue weighted by atomic mass is 35.5. The van der Waals surface area contributed by atoms with Gasteiger partial charge in [0, 0.05) is 35.1 Å². The number of rotatable bonds is 3. The SMILES string of the molecule is CS(=O)(=O)c1ccc(Nc2cc3c(C#Cc4ncc(N)nc4Cl)nccc3cn2)cc1. The van der Waals surface area contributed by atoms with Gasteiger partial charge in [-0.25, -0.2) is 28.4 Å². The van der Waals surface area contributed by atoms with Crippen molar-refractivity contribution < 1.29 is 8.42 Å². The monoisotopic (exact) mass is 450 g/mol. The predicted molar refractivity (Wildman–Crippen MR) is 120 cm³/mol. The number of halogens is 1. The number of hydrogen-bond acceptors (Lipinski definition) is 8. The van der Waals surface area contributed by atoms with Crippen LogP contribution in [0, 0.1) is 11.8 Å². The number of nitrogens with one attached hydrogen (secondary N) is 1. The first-order chi connectivity index (χ1) is 14.8. The average molecular weight is 451 g/mol. The van der Waals surface area contributed by atoms with E-state index in [1.807, 2.05) is 12.1 Å². The molecule has 1 aromatic carbocycles. The summed E-state index contributed by atoms with van der Waals surface area (Å²) in [4.78, 5) is 17.0. The number of anilines is 3. The first-order valence-electron chi connectivity index (χ1n) is 8.91. The van der Waals surface area contributed by atoms with Crippen LogP contribution in [0.3, 0.4) is 0 Å². The fourth-order valence-corrected chi connectivity index (χ4v) is 3.57. The highest BCUT2D eigenvalue weighted by Crippen LogP contribution is 2.23. The van der Waals surface area contributed by atoms with Crippen molar-refractivity contribution >= 4 is 49.5 Å². The van der Waals surface area contributed by atoms with Crippen molar-refractivity contribution in [2.45, 2.75) is 4.90 Å². The smallest absolute Gasteiger partial charge is 0.175 e. The summed E-state index contributed by atoms with van der Waals surface area (Å²) in [5.74, 6) is 6.60. The second kappa shape index (κ2) is 8.18. The molecule has 31 heavy (non-hydrogen) atoms. The second-order valence-electron chi connectivity index (χ2n) is 6.56. The minimum absolute atomic E-state index is 0.120. The van der Waals surface area contributed by atoms with Gasteiger partial charge in [0.2, 0.25) is 0 Å². The van der Waals surface area contributed by atoms with E-state index in [-0.39, 0.29) is 15.9 Å². The van der Waals surface area contributed by atoms with Crippen molar-refractivity contribution in [1.29, 1.82) is 0 Å². The molecular formula is C21H15ClN6O2S. The lowest BCUT2D eigenvalue weighted by molar-refractivity contribution is 0.602. The van der Waals surface area contributed by atoms with Gasteiger partial charge in [-0.05, 0) is 48.2 Å². The molecule has 154 valence electrons. The number of nitrogens with zero attached hydrogens (tertiary/aromatic N) is 4. The summed E-state index contributed by atoms with van der Waals surface area (Å²) in [5.41, 5.74) is 7.07. The molecule has 0 fully saturated rings. The van der Waals surface area contributed by atoms with Crippen LogP contribution in [-0.4, -0.2) is 34.6 Å². The summed E-state index contributed by atoms with van der Waals surface area (Å²) in [6, 6.07) is 10.1. The van der Waals surface area contributed by atoms with Crippen molar-refractivity contribution in [3.63, 3.8) is 0 Å². The normalized spacial score (nSPS) is 11.0. The Morgan fingerprint density at radius 2 is 1.74 bits per heavy atom. The van der Waals surface area contributed by atoms with E-state index < -0.39 is 9.84 Å². The Hall–Kier alpha value is -3.74. The second-order valence-corrected chi connectivity index (χ2v) is 8.93. The third kappa shape index (κ3) is 4.71. The van der Waals surface area contributed by atoms with Crippen molar-refractivity contribution in [3.8, 4) is 11.8 Å². The molecule has 3 N–H and O–H groups in total. The summed E-state index contributed by atoms with van der Waals surface area (Å²) in [6.07, 6.45) is 5.89. The Morgan fingerprint density at radius 1 is 1.00 bits per heavy atom. The van der Waals surface area contributed by atoms with Crippen molar-refractivity contribution in [2.75, 3.05) is 17.3 Å². The van der Waals surface area contributed by atoms with E-state index in [2.05, 4.69) is 37.1 Å². The zero-order valence-corrected chi connectivity index (χ0v) is 17.7. The number of benzene rings is 1. The van der Waals surface area contributed by atoms with Crippen LogP contribution in [-0.2, 0) is 9.84 Å².